The molecule has 0 radical (unpaired) electrons. The standard InChI is InChI=1S/C21H18Cl2F3N5O2/c1-33-13-5-2-11(3-6-13)8-17(18(27)32)30-19-14(21(24,25)26)10-28-20(31-19)29-12-4-7-15(22)16(23)9-12/h2-7,9-10,17H,8H2,1H3,(H2,27,32)(H2,28,29,30,31). The third kappa shape index (κ3) is 6.39. The molecule has 33 heavy (non-hydrogen) atoms. The molecule has 2 aromatic carbocycles. The lowest BCUT2D eigenvalue weighted by molar-refractivity contribution is -0.137. The number of carbonyl (C=O) groups excluding carboxylic acids is 1. The molecule has 3 aromatic rings. The van der Waals surface area contributed by atoms with Gasteiger partial charge in [-0.2, -0.15) is 18.2 Å². The lowest BCUT2D eigenvalue weighted by atomic mass is 10.0. The Morgan fingerprint density at radius 1 is 1.15 bits per heavy atom. The summed E-state index contributed by atoms with van der Waals surface area (Å²) in [5, 5.41) is 5.81. The largest absolute Gasteiger partial charge is 0.497 e. The second-order valence-electron chi connectivity index (χ2n) is 6.86. The number of amides is 1. The minimum Gasteiger partial charge on any atom is -0.497 e. The number of ether oxygens (including phenoxy) is 1. The number of nitrogens with one attached hydrogen (secondary N) is 2. The van der Waals surface area contributed by atoms with Gasteiger partial charge in [0.25, 0.3) is 0 Å². The maximum Gasteiger partial charge on any atom is 0.421 e. The number of nitrogens with zero attached hydrogens (tertiary/aromatic N) is 2. The van der Waals surface area contributed by atoms with Gasteiger partial charge in [0, 0.05) is 18.3 Å². The van der Waals surface area contributed by atoms with Crippen molar-refractivity contribution in [2.45, 2.75) is 18.6 Å². The Morgan fingerprint density at radius 3 is 2.42 bits per heavy atom. The van der Waals surface area contributed by atoms with E-state index in [4.69, 9.17) is 33.7 Å². The molecule has 4 N–H and O–H groups in total. The third-order valence-electron chi connectivity index (χ3n) is 4.52. The Bertz CT molecular complexity index is 1140. The molecule has 0 aliphatic carbocycles. The molecule has 0 spiro atoms. The average Bonchev–Trinajstić information content (AvgIpc) is 2.75. The number of methoxy groups -OCH3 is 1. The number of carbonyl (C=O) groups is 1. The van der Waals surface area contributed by atoms with Crippen molar-refractivity contribution in [2.75, 3.05) is 17.7 Å². The molecule has 0 aliphatic heterocycles. The molecule has 1 amide bonds. The normalized spacial score (nSPS) is 12.2. The Balaban J connectivity index is 1.90. The predicted octanol–water partition coefficient (Wildman–Crippen LogP) is 5.06. The van der Waals surface area contributed by atoms with Crippen molar-refractivity contribution in [3.63, 3.8) is 0 Å². The van der Waals surface area contributed by atoms with Crippen molar-refractivity contribution >= 4 is 46.6 Å². The van der Waals surface area contributed by atoms with Gasteiger partial charge >= 0.3 is 6.18 Å². The number of hydrogen-bond acceptors (Lipinski definition) is 6. The van der Waals surface area contributed by atoms with E-state index in [-0.39, 0.29) is 17.4 Å². The zero-order valence-electron chi connectivity index (χ0n) is 17.1. The van der Waals surface area contributed by atoms with Crippen LogP contribution in [0.3, 0.4) is 0 Å². The van der Waals surface area contributed by atoms with Gasteiger partial charge in [-0.1, -0.05) is 35.3 Å². The van der Waals surface area contributed by atoms with E-state index in [9.17, 15) is 18.0 Å². The second-order valence-corrected chi connectivity index (χ2v) is 7.67. The van der Waals surface area contributed by atoms with Crippen LogP contribution in [-0.2, 0) is 17.4 Å². The van der Waals surface area contributed by atoms with Gasteiger partial charge in [0.05, 0.1) is 17.2 Å². The highest BCUT2D eigenvalue weighted by atomic mass is 35.5. The molecule has 0 fully saturated rings. The molecule has 1 aromatic heterocycles. The van der Waals surface area contributed by atoms with Gasteiger partial charge in [0.1, 0.15) is 23.2 Å². The summed E-state index contributed by atoms with van der Waals surface area (Å²) in [7, 11) is 1.50. The molecule has 0 saturated heterocycles. The molecule has 1 heterocycles. The number of benzene rings is 2. The summed E-state index contributed by atoms with van der Waals surface area (Å²) in [6.45, 7) is 0. The van der Waals surface area contributed by atoms with Crippen LogP contribution in [0.15, 0.2) is 48.7 Å². The summed E-state index contributed by atoms with van der Waals surface area (Å²) in [5.74, 6) is -1.01. The Morgan fingerprint density at radius 2 is 1.85 bits per heavy atom. The van der Waals surface area contributed by atoms with E-state index in [1.165, 1.54) is 19.2 Å². The molecule has 0 aliphatic rings. The number of primary amides is 1. The summed E-state index contributed by atoms with van der Waals surface area (Å²) < 4.78 is 45.8. The molecule has 1 unspecified atom stereocenters. The highest BCUT2D eigenvalue weighted by molar-refractivity contribution is 6.42. The van der Waals surface area contributed by atoms with Crippen LogP contribution in [0.2, 0.25) is 10.0 Å². The van der Waals surface area contributed by atoms with E-state index in [0.717, 1.165) is 0 Å². The zero-order valence-corrected chi connectivity index (χ0v) is 18.6. The van der Waals surface area contributed by atoms with Crippen LogP contribution in [0.1, 0.15) is 11.1 Å². The number of rotatable bonds is 8. The van der Waals surface area contributed by atoms with E-state index in [1.54, 1.807) is 30.3 Å². The average molecular weight is 500 g/mol. The molecule has 1 atom stereocenters. The van der Waals surface area contributed by atoms with Gasteiger partial charge in [0.2, 0.25) is 11.9 Å². The van der Waals surface area contributed by atoms with E-state index in [0.29, 0.717) is 28.2 Å². The maximum absolute atomic E-state index is 13.6. The first-order valence-corrected chi connectivity index (χ1v) is 10.2. The maximum atomic E-state index is 13.6. The van der Waals surface area contributed by atoms with Crippen LogP contribution >= 0.6 is 23.2 Å². The van der Waals surface area contributed by atoms with Crippen molar-refractivity contribution in [1.82, 2.24) is 9.97 Å². The molecule has 7 nitrogen and oxygen atoms in total. The van der Waals surface area contributed by atoms with Crippen molar-refractivity contribution in [3.8, 4) is 5.75 Å². The molecule has 0 bridgehead atoms. The van der Waals surface area contributed by atoms with Crippen molar-refractivity contribution in [3.05, 3.63) is 69.8 Å². The van der Waals surface area contributed by atoms with Gasteiger partial charge in [-0.05, 0) is 35.9 Å². The first-order valence-electron chi connectivity index (χ1n) is 9.42. The fourth-order valence-corrected chi connectivity index (χ4v) is 3.15. The van der Waals surface area contributed by atoms with Gasteiger partial charge in [-0.15, -0.1) is 0 Å². The van der Waals surface area contributed by atoms with Crippen LogP contribution in [0.4, 0.5) is 30.6 Å². The fraction of sp³-hybridized carbons (Fsp3) is 0.190. The molecular weight excluding hydrogens is 482 g/mol. The van der Waals surface area contributed by atoms with Gasteiger partial charge in [0.15, 0.2) is 0 Å². The molecule has 12 heteroatoms. The number of anilines is 3. The third-order valence-corrected chi connectivity index (χ3v) is 5.26. The minimum absolute atomic E-state index is 0.0240. The minimum atomic E-state index is -4.77. The summed E-state index contributed by atoms with van der Waals surface area (Å²) in [6.07, 6.45) is -4.14. The number of hydrogen-bond donors (Lipinski definition) is 3. The number of nitrogens with two attached hydrogens (primary N) is 1. The van der Waals surface area contributed by atoms with Crippen molar-refractivity contribution < 1.29 is 22.7 Å². The van der Waals surface area contributed by atoms with E-state index in [2.05, 4.69) is 20.6 Å². The van der Waals surface area contributed by atoms with Crippen LogP contribution in [0, 0.1) is 0 Å². The first-order chi connectivity index (χ1) is 15.6. The Kier molecular flexibility index (Phi) is 7.50. The summed E-state index contributed by atoms with van der Waals surface area (Å²) in [6, 6.07) is 10.0. The first kappa shape index (κ1) is 24.4. The number of halogens is 5. The molecule has 3 rings (SSSR count). The van der Waals surface area contributed by atoms with E-state index < -0.39 is 29.5 Å². The van der Waals surface area contributed by atoms with Gasteiger partial charge in [-0.3, -0.25) is 4.79 Å². The zero-order chi connectivity index (χ0) is 24.2. The highest BCUT2D eigenvalue weighted by Crippen LogP contribution is 2.35. The second kappa shape index (κ2) is 10.1. The van der Waals surface area contributed by atoms with Gasteiger partial charge in [-0.25, -0.2) is 4.98 Å². The molecular formula is C21H18Cl2F3N5O2. The lowest BCUT2D eigenvalue weighted by Gasteiger charge is -2.20. The van der Waals surface area contributed by atoms with Crippen LogP contribution < -0.4 is 21.1 Å². The van der Waals surface area contributed by atoms with Crippen LogP contribution in [-0.4, -0.2) is 29.0 Å². The van der Waals surface area contributed by atoms with E-state index in [1.807, 2.05) is 0 Å². The SMILES string of the molecule is COc1ccc(CC(Nc2nc(Nc3ccc(Cl)c(Cl)c3)ncc2C(F)(F)F)C(N)=O)cc1. The predicted molar refractivity (Wildman–Crippen MR) is 120 cm³/mol. The fourth-order valence-electron chi connectivity index (χ4n) is 2.85. The summed E-state index contributed by atoms with van der Waals surface area (Å²) in [5.41, 5.74) is 5.36. The quantitative estimate of drug-likeness (QED) is 0.400. The lowest BCUT2D eigenvalue weighted by Crippen LogP contribution is -2.38. The number of alkyl halides is 3. The van der Waals surface area contributed by atoms with Crippen LogP contribution in [0.25, 0.3) is 0 Å². The summed E-state index contributed by atoms with van der Waals surface area (Å²) in [4.78, 5) is 19.6. The van der Waals surface area contributed by atoms with Crippen LogP contribution in [0.5, 0.6) is 5.75 Å². The van der Waals surface area contributed by atoms with Crippen molar-refractivity contribution in [1.29, 1.82) is 0 Å². The monoisotopic (exact) mass is 499 g/mol. The molecule has 174 valence electrons. The Hall–Kier alpha value is -3.24. The highest BCUT2D eigenvalue weighted by Gasteiger charge is 2.36. The van der Waals surface area contributed by atoms with Gasteiger partial charge < -0.3 is 21.1 Å². The van der Waals surface area contributed by atoms with E-state index >= 15 is 0 Å². The summed E-state index contributed by atoms with van der Waals surface area (Å²) >= 11 is 11.8. The topological polar surface area (TPSA) is 102 Å². The Labute approximate surface area is 197 Å². The molecule has 0 saturated carbocycles. The van der Waals surface area contributed by atoms with Crippen molar-refractivity contribution in [2.24, 2.45) is 5.73 Å². The number of aromatic nitrogens is 2. The smallest absolute Gasteiger partial charge is 0.421 e.